The van der Waals surface area contributed by atoms with Crippen molar-refractivity contribution in [2.45, 2.75) is 31.3 Å². The molecule has 21 heavy (non-hydrogen) atoms. The molecule has 4 rings (SSSR count). The van der Waals surface area contributed by atoms with Gasteiger partial charge in [-0.3, -0.25) is 4.79 Å². The van der Waals surface area contributed by atoms with Crippen molar-refractivity contribution in [2.24, 2.45) is 0 Å². The minimum atomic E-state index is -0.178. The molecule has 2 aromatic rings. The van der Waals surface area contributed by atoms with Gasteiger partial charge in [0.15, 0.2) is 5.78 Å². The van der Waals surface area contributed by atoms with E-state index in [1.165, 1.54) is 18.4 Å². The van der Waals surface area contributed by atoms with Crippen molar-refractivity contribution >= 4 is 17.4 Å². The van der Waals surface area contributed by atoms with Gasteiger partial charge in [0.05, 0.1) is 12.0 Å². The molecule has 0 N–H and O–H groups in total. The van der Waals surface area contributed by atoms with Gasteiger partial charge in [-0.15, -0.1) is 0 Å². The molecule has 106 valence electrons. The lowest BCUT2D eigenvalue weighted by molar-refractivity contribution is 0.0849. The Morgan fingerprint density at radius 1 is 1.05 bits per heavy atom. The van der Waals surface area contributed by atoms with Crippen LogP contribution >= 0.6 is 11.6 Å². The Bertz CT molecular complexity index is 719. The van der Waals surface area contributed by atoms with E-state index in [1.54, 1.807) is 18.2 Å². The number of hydrogen-bond donors (Lipinski definition) is 0. The fourth-order valence-electron chi connectivity index (χ4n) is 3.04. The number of benzene rings is 2. The van der Waals surface area contributed by atoms with Gasteiger partial charge in [0, 0.05) is 5.02 Å². The SMILES string of the molecule is O=C1CC(c2ccccc2C2CC2)Oc2ccc(Cl)cc21. The molecule has 2 nitrogen and oxygen atoms in total. The largest absolute Gasteiger partial charge is 0.484 e. The van der Waals surface area contributed by atoms with Crippen molar-refractivity contribution in [3.63, 3.8) is 0 Å². The normalized spacial score (nSPS) is 20.8. The Hall–Kier alpha value is -1.80. The first-order valence-electron chi connectivity index (χ1n) is 7.30. The van der Waals surface area contributed by atoms with Crippen molar-refractivity contribution in [1.82, 2.24) is 0 Å². The van der Waals surface area contributed by atoms with Crippen LogP contribution in [0, 0.1) is 0 Å². The third kappa shape index (κ3) is 2.34. The second-order valence-corrected chi connectivity index (χ2v) is 6.21. The lowest BCUT2D eigenvalue weighted by atomic mass is 9.92. The predicted octanol–water partition coefficient (Wildman–Crippen LogP) is 4.92. The third-order valence-corrected chi connectivity index (χ3v) is 4.48. The second-order valence-electron chi connectivity index (χ2n) is 5.78. The molecule has 1 aliphatic heterocycles. The highest BCUT2D eigenvalue weighted by Crippen LogP contribution is 2.45. The van der Waals surface area contributed by atoms with E-state index in [0.717, 1.165) is 5.56 Å². The Balaban J connectivity index is 1.72. The van der Waals surface area contributed by atoms with Crippen molar-refractivity contribution < 1.29 is 9.53 Å². The summed E-state index contributed by atoms with van der Waals surface area (Å²) >= 11 is 5.96. The fourth-order valence-corrected chi connectivity index (χ4v) is 3.21. The summed E-state index contributed by atoms with van der Waals surface area (Å²) in [6.45, 7) is 0. The first-order valence-corrected chi connectivity index (χ1v) is 7.68. The van der Waals surface area contributed by atoms with Crippen molar-refractivity contribution in [2.75, 3.05) is 0 Å². The van der Waals surface area contributed by atoms with Crippen LogP contribution in [-0.2, 0) is 0 Å². The number of carbonyl (C=O) groups is 1. The first kappa shape index (κ1) is 12.9. The first-order chi connectivity index (χ1) is 10.2. The third-order valence-electron chi connectivity index (χ3n) is 4.24. The summed E-state index contributed by atoms with van der Waals surface area (Å²) in [7, 11) is 0. The van der Waals surface area contributed by atoms with Crippen LogP contribution < -0.4 is 4.74 Å². The average Bonchev–Trinajstić information content (AvgIpc) is 3.32. The van der Waals surface area contributed by atoms with Gasteiger partial charge in [-0.25, -0.2) is 0 Å². The van der Waals surface area contributed by atoms with Crippen molar-refractivity contribution in [3.8, 4) is 5.75 Å². The molecule has 0 radical (unpaired) electrons. The van der Waals surface area contributed by atoms with Gasteiger partial charge < -0.3 is 4.74 Å². The van der Waals surface area contributed by atoms with Gasteiger partial charge in [-0.2, -0.15) is 0 Å². The Morgan fingerprint density at radius 2 is 1.81 bits per heavy atom. The van der Waals surface area contributed by atoms with Crippen LogP contribution in [0.15, 0.2) is 42.5 Å². The van der Waals surface area contributed by atoms with Crippen molar-refractivity contribution in [3.05, 3.63) is 64.2 Å². The molecule has 1 atom stereocenters. The number of ketones is 1. The number of rotatable bonds is 2. The molecule has 0 spiro atoms. The monoisotopic (exact) mass is 298 g/mol. The number of hydrogen-bond acceptors (Lipinski definition) is 2. The Labute approximate surface area is 128 Å². The number of ether oxygens (including phenoxy) is 1. The number of fused-ring (bicyclic) bond motifs is 1. The summed E-state index contributed by atoms with van der Waals surface area (Å²) in [5.74, 6) is 1.40. The molecule has 1 aliphatic carbocycles. The van der Waals surface area contributed by atoms with Gasteiger partial charge in [0.2, 0.25) is 0 Å². The molecule has 0 bridgehead atoms. The molecule has 0 amide bonds. The van der Waals surface area contributed by atoms with Crippen LogP contribution in [0.5, 0.6) is 5.75 Å². The molecule has 3 heteroatoms. The molecule has 0 aromatic heterocycles. The van der Waals surface area contributed by atoms with Crippen LogP contribution in [0.2, 0.25) is 5.02 Å². The van der Waals surface area contributed by atoms with Crippen molar-refractivity contribution in [1.29, 1.82) is 0 Å². The van der Waals surface area contributed by atoms with Gasteiger partial charge in [0.1, 0.15) is 11.9 Å². The predicted molar refractivity (Wildman–Crippen MR) is 82.2 cm³/mol. The van der Waals surface area contributed by atoms with E-state index in [4.69, 9.17) is 16.3 Å². The second kappa shape index (κ2) is 4.88. The van der Waals surface area contributed by atoms with Crippen LogP contribution in [0.1, 0.15) is 52.8 Å². The van der Waals surface area contributed by atoms with E-state index in [-0.39, 0.29) is 11.9 Å². The van der Waals surface area contributed by atoms with E-state index in [0.29, 0.717) is 28.7 Å². The van der Waals surface area contributed by atoms with E-state index in [2.05, 4.69) is 18.2 Å². The van der Waals surface area contributed by atoms with Gasteiger partial charge in [-0.1, -0.05) is 35.9 Å². The minimum absolute atomic E-state index is 0.106. The summed E-state index contributed by atoms with van der Waals surface area (Å²) in [6.07, 6.45) is 2.69. The molecule has 2 aromatic carbocycles. The topological polar surface area (TPSA) is 26.3 Å². The summed E-state index contributed by atoms with van der Waals surface area (Å²) in [5.41, 5.74) is 3.10. The maximum Gasteiger partial charge on any atom is 0.170 e. The van der Waals surface area contributed by atoms with E-state index in [9.17, 15) is 4.79 Å². The molecular formula is C18H15ClO2. The van der Waals surface area contributed by atoms with E-state index in [1.807, 2.05) is 6.07 Å². The Morgan fingerprint density at radius 3 is 2.57 bits per heavy atom. The zero-order chi connectivity index (χ0) is 14.4. The van der Waals surface area contributed by atoms with Crippen LogP contribution in [0.3, 0.4) is 0 Å². The van der Waals surface area contributed by atoms with Gasteiger partial charge in [-0.05, 0) is 48.1 Å². The lowest BCUT2D eigenvalue weighted by Crippen LogP contribution is -2.21. The number of Topliss-reactive ketones (excluding diaryl/α,β-unsaturated/α-hetero) is 1. The summed E-state index contributed by atoms with van der Waals surface area (Å²) in [6, 6.07) is 13.6. The van der Waals surface area contributed by atoms with Gasteiger partial charge >= 0.3 is 0 Å². The highest BCUT2D eigenvalue weighted by atomic mass is 35.5. The highest BCUT2D eigenvalue weighted by Gasteiger charge is 2.33. The fraction of sp³-hybridized carbons (Fsp3) is 0.278. The molecule has 2 aliphatic rings. The number of carbonyl (C=O) groups excluding carboxylic acids is 1. The molecule has 1 fully saturated rings. The maximum absolute atomic E-state index is 12.4. The quantitative estimate of drug-likeness (QED) is 0.786. The molecule has 0 saturated heterocycles. The van der Waals surface area contributed by atoms with E-state index >= 15 is 0 Å². The summed E-state index contributed by atoms with van der Waals surface area (Å²) in [5, 5.41) is 0.572. The zero-order valence-electron chi connectivity index (χ0n) is 11.5. The molecule has 1 saturated carbocycles. The number of halogens is 1. The molecule has 1 unspecified atom stereocenters. The summed E-state index contributed by atoms with van der Waals surface area (Å²) in [4.78, 5) is 12.4. The average molecular weight is 299 g/mol. The molecular weight excluding hydrogens is 284 g/mol. The smallest absolute Gasteiger partial charge is 0.170 e. The summed E-state index contributed by atoms with van der Waals surface area (Å²) < 4.78 is 6.08. The van der Waals surface area contributed by atoms with Crippen LogP contribution in [-0.4, -0.2) is 5.78 Å². The van der Waals surface area contributed by atoms with Crippen LogP contribution in [0.4, 0.5) is 0 Å². The Kier molecular flexibility index (Phi) is 3.00. The minimum Gasteiger partial charge on any atom is -0.484 e. The standard InChI is InChI=1S/C18H15ClO2/c19-12-7-8-17-15(9-12)16(20)10-18(21-17)14-4-2-1-3-13(14)11-5-6-11/h1-4,7-9,11,18H,5-6,10H2. The van der Waals surface area contributed by atoms with Crippen LogP contribution in [0.25, 0.3) is 0 Å². The highest BCUT2D eigenvalue weighted by molar-refractivity contribution is 6.31. The van der Waals surface area contributed by atoms with E-state index < -0.39 is 0 Å². The van der Waals surface area contributed by atoms with Gasteiger partial charge in [0.25, 0.3) is 0 Å². The maximum atomic E-state index is 12.4. The molecule has 1 heterocycles. The lowest BCUT2D eigenvalue weighted by Gasteiger charge is -2.27. The zero-order valence-corrected chi connectivity index (χ0v) is 12.3.